The Morgan fingerprint density at radius 3 is 2.41 bits per heavy atom. The van der Waals surface area contributed by atoms with Crippen LogP contribution in [-0.4, -0.2) is 89.0 Å². The lowest BCUT2D eigenvalue weighted by atomic mass is 9.96. The summed E-state index contributed by atoms with van der Waals surface area (Å²) in [6.07, 6.45) is 6.44. The molecule has 0 unspecified atom stereocenters. The predicted octanol–water partition coefficient (Wildman–Crippen LogP) is -0.0175. The molecule has 2 aromatic heterocycles. The average molecular weight is 420 g/mol. The molecule has 0 bridgehead atoms. The summed E-state index contributed by atoms with van der Waals surface area (Å²) in [5.41, 5.74) is 0. The van der Waals surface area contributed by atoms with E-state index in [2.05, 4.69) is 20.2 Å². The maximum absolute atomic E-state index is 13.0. The van der Waals surface area contributed by atoms with E-state index in [4.69, 9.17) is 0 Å². The van der Waals surface area contributed by atoms with Crippen LogP contribution in [0.2, 0.25) is 0 Å². The molecule has 2 aliphatic rings. The maximum atomic E-state index is 13.0. The van der Waals surface area contributed by atoms with E-state index in [1.165, 1.54) is 10.6 Å². The molecule has 0 saturated carbocycles. The highest BCUT2D eigenvalue weighted by molar-refractivity contribution is 7.88. The molecule has 29 heavy (non-hydrogen) atoms. The summed E-state index contributed by atoms with van der Waals surface area (Å²) in [4.78, 5) is 16.9. The highest BCUT2D eigenvalue weighted by atomic mass is 32.2. The van der Waals surface area contributed by atoms with Crippen LogP contribution in [0.4, 0.5) is 5.82 Å². The third kappa shape index (κ3) is 4.40. The van der Waals surface area contributed by atoms with Crippen LogP contribution in [0.25, 0.3) is 5.82 Å². The van der Waals surface area contributed by atoms with E-state index >= 15 is 0 Å². The minimum atomic E-state index is -3.20. The Kier molecular flexibility index (Phi) is 5.50. The fourth-order valence-electron chi connectivity index (χ4n) is 3.90. The van der Waals surface area contributed by atoms with Gasteiger partial charge in [0.15, 0.2) is 11.6 Å². The summed E-state index contributed by atoms with van der Waals surface area (Å²) in [6, 6.07) is 5.60. The number of piperidine rings is 1. The van der Waals surface area contributed by atoms with Crippen molar-refractivity contribution in [3.05, 3.63) is 30.6 Å². The lowest BCUT2D eigenvalue weighted by Crippen LogP contribution is -2.53. The summed E-state index contributed by atoms with van der Waals surface area (Å²) in [7, 11) is -3.20. The molecule has 156 valence electrons. The topological polar surface area (TPSA) is 105 Å². The average Bonchev–Trinajstić information content (AvgIpc) is 3.28. The third-order valence-corrected chi connectivity index (χ3v) is 6.79. The number of hydrogen-bond donors (Lipinski definition) is 0. The van der Waals surface area contributed by atoms with Gasteiger partial charge < -0.3 is 9.80 Å². The first-order valence-electron chi connectivity index (χ1n) is 9.74. The number of hydrogen-bond acceptors (Lipinski definition) is 7. The van der Waals surface area contributed by atoms with E-state index in [-0.39, 0.29) is 11.8 Å². The van der Waals surface area contributed by atoms with Crippen LogP contribution < -0.4 is 4.90 Å². The molecule has 2 fully saturated rings. The molecule has 4 heterocycles. The number of sulfonamides is 1. The van der Waals surface area contributed by atoms with Crippen LogP contribution in [0.15, 0.2) is 30.6 Å². The van der Waals surface area contributed by atoms with Crippen molar-refractivity contribution < 1.29 is 13.2 Å². The van der Waals surface area contributed by atoms with Crippen molar-refractivity contribution >= 4 is 21.7 Å². The summed E-state index contributed by atoms with van der Waals surface area (Å²) >= 11 is 0. The zero-order valence-electron chi connectivity index (χ0n) is 16.4. The van der Waals surface area contributed by atoms with E-state index < -0.39 is 10.0 Å². The molecule has 11 heteroatoms. The first-order chi connectivity index (χ1) is 13.9. The van der Waals surface area contributed by atoms with Crippen LogP contribution in [0.1, 0.15) is 12.8 Å². The summed E-state index contributed by atoms with van der Waals surface area (Å²) in [5, 5.41) is 12.7. The Morgan fingerprint density at radius 2 is 1.79 bits per heavy atom. The maximum Gasteiger partial charge on any atom is 0.227 e. The van der Waals surface area contributed by atoms with E-state index in [0.29, 0.717) is 38.5 Å². The van der Waals surface area contributed by atoms with Crippen molar-refractivity contribution in [2.75, 3.05) is 50.4 Å². The van der Waals surface area contributed by atoms with Crippen molar-refractivity contribution in [1.82, 2.24) is 29.2 Å². The molecule has 0 spiro atoms. The fraction of sp³-hybridized carbons (Fsp3) is 0.556. The zero-order valence-corrected chi connectivity index (χ0v) is 17.2. The molecule has 0 aromatic carbocycles. The molecule has 4 rings (SSSR count). The monoisotopic (exact) mass is 419 g/mol. The van der Waals surface area contributed by atoms with E-state index in [0.717, 1.165) is 25.2 Å². The zero-order chi connectivity index (χ0) is 20.4. The van der Waals surface area contributed by atoms with E-state index in [1.807, 2.05) is 24.4 Å². The predicted molar refractivity (Wildman–Crippen MR) is 107 cm³/mol. The number of carbonyl (C=O) groups is 1. The standard InChI is InChI=1S/C18H25N7O3S/c1-29(27,28)24-12-10-22(11-13-24)18(26)15-4-2-8-23(14-15)16-5-6-17(21-20-16)25-9-3-7-19-25/h3,5-7,9,15H,2,4,8,10-14H2,1H3/t15-/m0/s1. The first kappa shape index (κ1) is 19.8. The van der Waals surface area contributed by atoms with Crippen molar-refractivity contribution in [3.63, 3.8) is 0 Å². The molecule has 1 atom stereocenters. The van der Waals surface area contributed by atoms with Gasteiger partial charge in [-0.15, -0.1) is 10.2 Å². The smallest absolute Gasteiger partial charge is 0.227 e. The molecule has 0 aliphatic carbocycles. The highest BCUT2D eigenvalue weighted by Crippen LogP contribution is 2.24. The van der Waals surface area contributed by atoms with Crippen LogP contribution in [0.5, 0.6) is 0 Å². The van der Waals surface area contributed by atoms with Crippen molar-refractivity contribution in [3.8, 4) is 5.82 Å². The normalized spacial score (nSPS) is 21.3. The Bertz CT molecular complexity index is 938. The van der Waals surface area contributed by atoms with Crippen molar-refractivity contribution in [2.45, 2.75) is 12.8 Å². The number of anilines is 1. The summed E-state index contributed by atoms with van der Waals surface area (Å²) in [5.74, 6) is 1.39. The van der Waals surface area contributed by atoms with Gasteiger partial charge in [-0.2, -0.15) is 9.40 Å². The van der Waals surface area contributed by atoms with Crippen LogP contribution >= 0.6 is 0 Å². The van der Waals surface area contributed by atoms with Gasteiger partial charge in [0.2, 0.25) is 15.9 Å². The Hall–Kier alpha value is -2.53. The molecule has 0 radical (unpaired) electrons. The molecular formula is C18H25N7O3S. The van der Waals surface area contributed by atoms with Gasteiger partial charge in [-0.05, 0) is 31.0 Å². The Morgan fingerprint density at radius 1 is 1.07 bits per heavy atom. The number of piperazine rings is 1. The number of carbonyl (C=O) groups excluding carboxylic acids is 1. The quantitative estimate of drug-likeness (QED) is 0.686. The second-order valence-electron chi connectivity index (χ2n) is 7.47. The molecular weight excluding hydrogens is 394 g/mol. The Balaban J connectivity index is 1.37. The minimum absolute atomic E-state index is 0.101. The van der Waals surface area contributed by atoms with Gasteiger partial charge in [0.05, 0.1) is 12.2 Å². The molecule has 1 amide bonds. The van der Waals surface area contributed by atoms with Gasteiger partial charge in [-0.3, -0.25) is 4.79 Å². The molecule has 2 aromatic rings. The molecule has 10 nitrogen and oxygen atoms in total. The number of rotatable bonds is 4. The van der Waals surface area contributed by atoms with Crippen molar-refractivity contribution in [2.24, 2.45) is 5.92 Å². The van der Waals surface area contributed by atoms with Crippen LogP contribution in [0, 0.1) is 5.92 Å². The molecule has 0 N–H and O–H groups in total. The highest BCUT2D eigenvalue weighted by Gasteiger charge is 2.33. The van der Waals surface area contributed by atoms with Gasteiger partial charge in [-0.25, -0.2) is 13.1 Å². The number of aromatic nitrogens is 4. The Labute approximate surface area is 170 Å². The minimum Gasteiger partial charge on any atom is -0.354 e. The van der Waals surface area contributed by atoms with Gasteiger partial charge in [-0.1, -0.05) is 0 Å². The lowest BCUT2D eigenvalue weighted by Gasteiger charge is -2.38. The van der Waals surface area contributed by atoms with E-state index in [9.17, 15) is 13.2 Å². The van der Waals surface area contributed by atoms with Gasteiger partial charge in [0.1, 0.15) is 0 Å². The first-order valence-corrected chi connectivity index (χ1v) is 11.6. The van der Waals surface area contributed by atoms with Gasteiger partial charge in [0, 0.05) is 51.7 Å². The molecule has 2 aliphatic heterocycles. The lowest BCUT2D eigenvalue weighted by molar-refractivity contribution is -0.137. The fourth-order valence-corrected chi connectivity index (χ4v) is 4.73. The summed E-state index contributed by atoms with van der Waals surface area (Å²) in [6.45, 7) is 3.05. The van der Waals surface area contributed by atoms with Gasteiger partial charge >= 0.3 is 0 Å². The van der Waals surface area contributed by atoms with Crippen LogP contribution in [0.3, 0.4) is 0 Å². The molecule has 2 saturated heterocycles. The SMILES string of the molecule is CS(=O)(=O)N1CCN(C(=O)[C@H]2CCCN(c3ccc(-n4cccn4)nn3)C2)CC1. The third-order valence-electron chi connectivity index (χ3n) is 5.49. The largest absolute Gasteiger partial charge is 0.354 e. The number of amides is 1. The summed E-state index contributed by atoms with van der Waals surface area (Å²) < 4.78 is 26.4. The second-order valence-corrected chi connectivity index (χ2v) is 9.46. The second kappa shape index (κ2) is 8.07. The van der Waals surface area contributed by atoms with Crippen molar-refractivity contribution in [1.29, 1.82) is 0 Å². The van der Waals surface area contributed by atoms with E-state index in [1.54, 1.807) is 15.8 Å². The number of nitrogens with zero attached hydrogens (tertiary/aromatic N) is 7. The van der Waals surface area contributed by atoms with Gasteiger partial charge in [0.25, 0.3) is 0 Å². The van der Waals surface area contributed by atoms with Crippen LogP contribution in [-0.2, 0) is 14.8 Å².